The molecule has 0 saturated heterocycles. The maximum absolute atomic E-state index is 8.62. The van der Waals surface area contributed by atoms with Crippen LogP contribution in [0, 0.1) is 0 Å². The predicted molar refractivity (Wildman–Crippen MR) is 46.3 cm³/mol. The van der Waals surface area contributed by atoms with E-state index in [1.54, 1.807) is 6.08 Å². The third-order valence-corrected chi connectivity index (χ3v) is 2.64. The van der Waals surface area contributed by atoms with E-state index in [9.17, 15) is 0 Å². The molecule has 0 aromatic rings. The molecular weight excluding hydrogens is 191 g/mol. The second kappa shape index (κ2) is 3.67. The number of hydrogen-bond acceptors (Lipinski definition) is 2. The van der Waals surface area contributed by atoms with Crippen molar-refractivity contribution in [2.45, 2.75) is 12.8 Å². The molecule has 0 saturated carbocycles. The van der Waals surface area contributed by atoms with Crippen LogP contribution in [-0.4, -0.2) is 4.55 Å². The van der Waals surface area contributed by atoms with Crippen molar-refractivity contribution in [2.24, 2.45) is 0 Å². The summed E-state index contributed by atoms with van der Waals surface area (Å²) >= 11 is 12.1. The molecule has 4 heteroatoms. The van der Waals surface area contributed by atoms with Crippen LogP contribution >= 0.6 is 35.2 Å². The first-order valence-corrected chi connectivity index (χ1v) is 4.33. The van der Waals surface area contributed by atoms with Crippen molar-refractivity contribution in [3.05, 3.63) is 21.0 Å². The summed E-state index contributed by atoms with van der Waals surface area (Å²) in [5.74, 6) is 0. The first kappa shape index (κ1) is 8.47. The molecule has 10 heavy (non-hydrogen) atoms. The Balaban J connectivity index is 2.76. The van der Waals surface area contributed by atoms with Gasteiger partial charge in [-0.25, -0.2) is 0 Å². The van der Waals surface area contributed by atoms with E-state index in [2.05, 4.69) is 0 Å². The Bertz CT molecular complexity index is 198. The molecule has 0 atom stereocenters. The Labute approximate surface area is 73.9 Å². The normalized spacial score (nSPS) is 19.3. The van der Waals surface area contributed by atoms with E-state index in [-0.39, 0.29) is 0 Å². The molecule has 1 rings (SSSR count). The van der Waals surface area contributed by atoms with Gasteiger partial charge in [0, 0.05) is 22.0 Å². The second-order valence-corrected chi connectivity index (χ2v) is 3.53. The zero-order valence-electron chi connectivity index (χ0n) is 5.10. The maximum atomic E-state index is 8.62. The Morgan fingerprint density at radius 1 is 1.40 bits per heavy atom. The average molecular weight is 197 g/mol. The van der Waals surface area contributed by atoms with E-state index < -0.39 is 0 Å². The van der Waals surface area contributed by atoms with Crippen LogP contribution in [0.1, 0.15) is 12.8 Å². The smallest absolute Gasteiger partial charge is 0.0559 e. The quantitative estimate of drug-likeness (QED) is 0.648. The monoisotopic (exact) mass is 196 g/mol. The molecule has 0 radical (unpaired) electrons. The van der Waals surface area contributed by atoms with Crippen LogP contribution in [-0.2, 0) is 0 Å². The highest BCUT2D eigenvalue weighted by atomic mass is 35.5. The largest absolute Gasteiger partial charge is 0.326 e. The van der Waals surface area contributed by atoms with Gasteiger partial charge in [-0.05, 0) is 18.9 Å². The van der Waals surface area contributed by atoms with Crippen molar-refractivity contribution in [3.8, 4) is 0 Å². The molecule has 0 amide bonds. The summed E-state index contributed by atoms with van der Waals surface area (Å²) in [5.41, 5.74) is 0. The standard InChI is InChI=1S/C6H6Cl2OS/c7-5-2-1-4(10-9)3-6(5)8/h3,9H,1-2H2. The molecule has 1 N–H and O–H groups in total. The lowest BCUT2D eigenvalue weighted by atomic mass is 10.2. The van der Waals surface area contributed by atoms with Crippen LogP contribution in [0.2, 0.25) is 0 Å². The van der Waals surface area contributed by atoms with E-state index in [0.29, 0.717) is 10.1 Å². The zero-order chi connectivity index (χ0) is 7.56. The van der Waals surface area contributed by atoms with Crippen LogP contribution in [0.5, 0.6) is 0 Å². The van der Waals surface area contributed by atoms with Gasteiger partial charge < -0.3 is 4.55 Å². The van der Waals surface area contributed by atoms with Crippen molar-refractivity contribution in [3.63, 3.8) is 0 Å². The number of allylic oxidation sites excluding steroid dienone is 4. The summed E-state index contributed by atoms with van der Waals surface area (Å²) in [6, 6.07) is 0. The summed E-state index contributed by atoms with van der Waals surface area (Å²) in [6.45, 7) is 0. The fourth-order valence-electron chi connectivity index (χ4n) is 0.716. The molecule has 0 unspecified atom stereocenters. The third-order valence-electron chi connectivity index (χ3n) is 1.26. The molecule has 1 aliphatic carbocycles. The Morgan fingerprint density at radius 3 is 2.60 bits per heavy atom. The van der Waals surface area contributed by atoms with Gasteiger partial charge in [-0.15, -0.1) is 0 Å². The fourth-order valence-corrected chi connectivity index (χ4v) is 1.52. The van der Waals surface area contributed by atoms with Gasteiger partial charge in [-0.3, -0.25) is 0 Å². The highest BCUT2D eigenvalue weighted by Crippen LogP contribution is 2.32. The Kier molecular flexibility index (Phi) is 3.11. The minimum atomic E-state index is 0.546. The first-order valence-electron chi connectivity index (χ1n) is 2.80. The number of hydrogen-bond donors (Lipinski definition) is 1. The van der Waals surface area contributed by atoms with Gasteiger partial charge in [0.05, 0.1) is 5.03 Å². The van der Waals surface area contributed by atoms with Gasteiger partial charge in [0.2, 0.25) is 0 Å². The Morgan fingerprint density at radius 2 is 2.10 bits per heavy atom. The fraction of sp³-hybridized carbons (Fsp3) is 0.333. The summed E-state index contributed by atoms with van der Waals surface area (Å²) < 4.78 is 8.62. The Hall–Kier alpha value is 0.370. The molecule has 0 aliphatic heterocycles. The molecule has 0 spiro atoms. The van der Waals surface area contributed by atoms with Crippen molar-refractivity contribution < 1.29 is 4.55 Å². The van der Waals surface area contributed by atoms with Gasteiger partial charge in [-0.1, -0.05) is 23.2 Å². The lowest BCUT2D eigenvalue weighted by Gasteiger charge is -2.08. The third kappa shape index (κ3) is 1.92. The van der Waals surface area contributed by atoms with Crippen LogP contribution in [0.25, 0.3) is 0 Å². The lowest BCUT2D eigenvalue weighted by Crippen LogP contribution is -1.88. The lowest BCUT2D eigenvalue weighted by molar-refractivity contribution is 0.666. The van der Waals surface area contributed by atoms with Crippen LogP contribution in [0.3, 0.4) is 0 Å². The summed E-state index contributed by atoms with van der Waals surface area (Å²) in [4.78, 5) is 0.870. The first-order chi connectivity index (χ1) is 4.74. The van der Waals surface area contributed by atoms with Crippen molar-refractivity contribution in [2.75, 3.05) is 0 Å². The summed E-state index contributed by atoms with van der Waals surface area (Å²) in [5, 5.41) is 1.23. The van der Waals surface area contributed by atoms with Gasteiger partial charge in [0.1, 0.15) is 0 Å². The average Bonchev–Trinajstić information content (AvgIpc) is 1.95. The van der Waals surface area contributed by atoms with E-state index in [1.807, 2.05) is 0 Å². The van der Waals surface area contributed by atoms with E-state index in [4.69, 9.17) is 27.8 Å². The molecule has 0 aromatic carbocycles. The maximum Gasteiger partial charge on any atom is 0.0559 e. The van der Waals surface area contributed by atoms with Crippen LogP contribution in [0.15, 0.2) is 21.0 Å². The molecule has 0 heterocycles. The number of halogens is 2. The van der Waals surface area contributed by atoms with Crippen LogP contribution in [0.4, 0.5) is 0 Å². The van der Waals surface area contributed by atoms with Crippen molar-refractivity contribution >= 4 is 35.2 Å². The SMILES string of the molecule is OSC1=CC(Cl)=C(Cl)CC1. The zero-order valence-corrected chi connectivity index (χ0v) is 7.43. The van der Waals surface area contributed by atoms with E-state index in [0.717, 1.165) is 29.8 Å². The van der Waals surface area contributed by atoms with Gasteiger partial charge in [0.15, 0.2) is 0 Å². The van der Waals surface area contributed by atoms with Crippen molar-refractivity contribution in [1.82, 2.24) is 0 Å². The van der Waals surface area contributed by atoms with Gasteiger partial charge >= 0.3 is 0 Å². The van der Waals surface area contributed by atoms with Gasteiger partial charge in [0.25, 0.3) is 0 Å². The predicted octanol–water partition coefficient (Wildman–Crippen LogP) is 3.56. The molecule has 1 nitrogen and oxygen atoms in total. The molecule has 1 aliphatic rings. The second-order valence-electron chi connectivity index (χ2n) is 1.95. The molecule has 0 bridgehead atoms. The minimum absolute atomic E-state index is 0.546. The van der Waals surface area contributed by atoms with E-state index in [1.165, 1.54) is 0 Å². The number of rotatable bonds is 1. The minimum Gasteiger partial charge on any atom is -0.326 e. The topological polar surface area (TPSA) is 20.2 Å². The van der Waals surface area contributed by atoms with Crippen molar-refractivity contribution in [1.29, 1.82) is 0 Å². The van der Waals surface area contributed by atoms with Crippen LogP contribution < -0.4 is 0 Å². The molecular formula is C6H6Cl2OS. The summed E-state index contributed by atoms with van der Waals surface area (Å²) in [6.07, 6.45) is 3.22. The highest BCUT2D eigenvalue weighted by Gasteiger charge is 2.09. The molecule has 56 valence electrons. The molecule has 0 fully saturated rings. The molecule has 0 aromatic heterocycles. The highest BCUT2D eigenvalue weighted by molar-refractivity contribution is 7.97. The van der Waals surface area contributed by atoms with Gasteiger partial charge in [-0.2, -0.15) is 0 Å². The van der Waals surface area contributed by atoms with E-state index >= 15 is 0 Å². The summed E-state index contributed by atoms with van der Waals surface area (Å²) in [7, 11) is 0.